The summed E-state index contributed by atoms with van der Waals surface area (Å²) in [6.45, 7) is 1.85. The van der Waals surface area contributed by atoms with Crippen LogP contribution in [0.5, 0.6) is 11.5 Å². The van der Waals surface area contributed by atoms with E-state index in [1.165, 1.54) is 30.2 Å². The maximum Gasteiger partial charge on any atom is 0.264 e. The van der Waals surface area contributed by atoms with Gasteiger partial charge < -0.3 is 19.7 Å². The molecule has 0 unspecified atom stereocenters. The number of nitrogens with zero attached hydrogens (tertiary/aromatic N) is 2. The minimum Gasteiger partial charge on any atom is -0.497 e. The number of benzene rings is 4. The number of halogens is 1. The number of amides is 2. The summed E-state index contributed by atoms with van der Waals surface area (Å²) in [6, 6.07) is 28.0. The van der Waals surface area contributed by atoms with E-state index < -0.39 is 28.5 Å². The van der Waals surface area contributed by atoms with Gasteiger partial charge in [0.15, 0.2) is 0 Å². The van der Waals surface area contributed by atoms with Crippen molar-refractivity contribution in [2.24, 2.45) is 0 Å². The highest BCUT2D eigenvalue weighted by Crippen LogP contribution is 2.35. The summed E-state index contributed by atoms with van der Waals surface area (Å²) in [5, 5.41) is 3.24. The first-order valence-electron chi connectivity index (χ1n) is 15.3. The monoisotopic (exact) mass is 677 g/mol. The van der Waals surface area contributed by atoms with Crippen LogP contribution >= 0.6 is 11.6 Å². The number of nitrogens with one attached hydrogen (secondary N) is 1. The zero-order valence-electron chi connectivity index (χ0n) is 26.8. The molecule has 0 saturated carbocycles. The lowest BCUT2D eigenvalue weighted by Gasteiger charge is -2.34. The van der Waals surface area contributed by atoms with E-state index in [2.05, 4.69) is 5.32 Å². The Morgan fingerprint density at radius 2 is 1.53 bits per heavy atom. The van der Waals surface area contributed by atoms with Gasteiger partial charge in [-0.05, 0) is 60.0 Å². The number of carbonyl (C=O) groups excluding carboxylic acids is 2. The summed E-state index contributed by atoms with van der Waals surface area (Å²) in [4.78, 5) is 30.0. The Morgan fingerprint density at radius 1 is 0.851 bits per heavy atom. The number of carbonyl (C=O) groups is 2. The van der Waals surface area contributed by atoms with Crippen molar-refractivity contribution in [1.29, 1.82) is 0 Å². The summed E-state index contributed by atoms with van der Waals surface area (Å²) in [5.74, 6) is -0.143. The van der Waals surface area contributed by atoms with Crippen LogP contribution in [0.4, 0.5) is 5.69 Å². The summed E-state index contributed by atoms with van der Waals surface area (Å²) in [5.41, 5.74) is 1.64. The standard InChI is InChI=1S/C36H40ClN3O6S/c1-4-5-21-38-36(42)33(23-27-13-8-6-9-14-27)39(25-28-15-12-16-30(22-28)45-2)35(41)26-40(32-24-29(37)19-20-34(32)46-3)47(43,44)31-17-10-7-11-18-31/h6-20,22,24,33H,4-5,21,23,25-26H2,1-3H3,(H,38,42)/t33-/m1/s1. The Hall–Kier alpha value is -4.54. The van der Waals surface area contributed by atoms with E-state index in [4.69, 9.17) is 21.1 Å². The van der Waals surface area contributed by atoms with Crippen LogP contribution < -0.4 is 19.1 Å². The third-order valence-electron chi connectivity index (χ3n) is 7.61. The second kappa shape index (κ2) is 16.9. The third kappa shape index (κ3) is 9.27. The molecule has 0 fully saturated rings. The lowest BCUT2D eigenvalue weighted by atomic mass is 10.0. The highest BCUT2D eigenvalue weighted by Gasteiger charge is 2.35. The van der Waals surface area contributed by atoms with Gasteiger partial charge in [-0.25, -0.2) is 8.42 Å². The topological polar surface area (TPSA) is 105 Å². The number of sulfonamides is 1. The Morgan fingerprint density at radius 3 is 2.19 bits per heavy atom. The summed E-state index contributed by atoms with van der Waals surface area (Å²) in [6.07, 6.45) is 1.86. The lowest BCUT2D eigenvalue weighted by molar-refractivity contribution is -0.140. The van der Waals surface area contributed by atoms with Gasteiger partial charge in [0.2, 0.25) is 11.8 Å². The van der Waals surface area contributed by atoms with Gasteiger partial charge >= 0.3 is 0 Å². The largest absolute Gasteiger partial charge is 0.497 e. The van der Waals surface area contributed by atoms with E-state index in [1.807, 2.05) is 43.3 Å². The molecule has 4 aromatic rings. The number of methoxy groups -OCH3 is 2. The molecule has 0 aromatic heterocycles. The van der Waals surface area contributed by atoms with E-state index in [0.29, 0.717) is 17.9 Å². The molecule has 0 bridgehead atoms. The molecule has 47 heavy (non-hydrogen) atoms. The molecule has 1 atom stereocenters. The van der Waals surface area contributed by atoms with Gasteiger partial charge in [-0.1, -0.05) is 85.6 Å². The Kier molecular flexibility index (Phi) is 12.7. The predicted molar refractivity (Wildman–Crippen MR) is 184 cm³/mol. The van der Waals surface area contributed by atoms with Gasteiger partial charge in [0, 0.05) is 24.5 Å². The zero-order chi connectivity index (χ0) is 33.8. The minimum absolute atomic E-state index is 0.0145. The molecule has 0 spiro atoms. The van der Waals surface area contributed by atoms with Crippen LogP contribution in [0.1, 0.15) is 30.9 Å². The second-order valence-electron chi connectivity index (χ2n) is 10.9. The highest BCUT2D eigenvalue weighted by molar-refractivity contribution is 7.92. The average Bonchev–Trinajstić information content (AvgIpc) is 3.09. The molecule has 0 radical (unpaired) electrons. The lowest BCUT2D eigenvalue weighted by Crippen LogP contribution is -2.53. The number of rotatable bonds is 16. The fourth-order valence-electron chi connectivity index (χ4n) is 5.12. The Balaban J connectivity index is 1.84. The van der Waals surface area contributed by atoms with Gasteiger partial charge in [-0.15, -0.1) is 0 Å². The molecule has 11 heteroatoms. The SMILES string of the molecule is CCCCNC(=O)[C@@H](Cc1ccccc1)N(Cc1cccc(OC)c1)C(=O)CN(c1cc(Cl)ccc1OC)S(=O)(=O)c1ccccc1. The number of unbranched alkanes of at least 4 members (excludes halogenated alkanes) is 1. The fourth-order valence-corrected chi connectivity index (χ4v) is 6.72. The molecule has 9 nitrogen and oxygen atoms in total. The van der Waals surface area contributed by atoms with Crippen molar-refractivity contribution in [3.05, 3.63) is 119 Å². The maximum absolute atomic E-state index is 14.6. The van der Waals surface area contributed by atoms with Crippen molar-refractivity contribution < 1.29 is 27.5 Å². The number of hydrogen-bond acceptors (Lipinski definition) is 6. The van der Waals surface area contributed by atoms with Gasteiger partial charge in [0.1, 0.15) is 24.1 Å². The molecule has 2 amide bonds. The van der Waals surface area contributed by atoms with Crippen LogP contribution in [-0.4, -0.2) is 58.5 Å². The molecule has 248 valence electrons. The molecule has 0 aliphatic heterocycles. The number of ether oxygens (including phenoxy) is 2. The Bertz CT molecular complexity index is 1740. The first-order chi connectivity index (χ1) is 22.7. The van der Waals surface area contributed by atoms with E-state index in [9.17, 15) is 18.0 Å². The third-order valence-corrected chi connectivity index (χ3v) is 9.62. The summed E-state index contributed by atoms with van der Waals surface area (Å²) in [7, 11) is -1.35. The molecule has 4 rings (SSSR count). The minimum atomic E-state index is -4.31. The second-order valence-corrected chi connectivity index (χ2v) is 13.2. The molecule has 0 heterocycles. The van der Waals surface area contributed by atoms with Crippen LogP contribution in [0.25, 0.3) is 0 Å². The van der Waals surface area contributed by atoms with Crippen LogP contribution in [0.3, 0.4) is 0 Å². The van der Waals surface area contributed by atoms with Crippen LogP contribution in [0, 0.1) is 0 Å². The van der Waals surface area contributed by atoms with E-state index >= 15 is 0 Å². The van der Waals surface area contributed by atoms with Crippen LogP contribution in [0.15, 0.2) is 108 Å². The van der Waals surface area contributed by atoms with Gasteiger partial charge in [0.25, 0.3) is 10.0 Å². The molecule has 4 aromatic carbocycles. The Labute approximate surface area is 282 Å². The average molecular weight is 678 g/mol. The summed E-state index contributed by atoms with van der Waals surface area (Å²) < 4.78 is 40.4. The van der Waals surface area contributed by atoms with Crippen molar-refractivity contribution in [2.45, 2.75) is 43.7 Å². The van der Waals surface area contributed by atoms with E-state index in [-0.39, 0.29) is 40.2 Å². The van der Waals surface area contributed by atoms with E-state index in [0.717, 1.165) is 22.7 Å². The first kappa shape index (κ1) is 35.3. The van der Waals surface area contributed by atoms with E-state index in [1.54, 1.807) is 55.6 Å². The smallest absolute Gasteiger partial charge is 0.264 e. The summed E-state index contributed by atoms with van der Waals surface area (Å²) >= 11 is 6.35. The normalized spacial score (nSPS) is 11.7. The van der Waals surface area contributed by atoms with Crippen LogP contribution in [0.2, 0.25) is 5.02 Å². The molecule has 1 N–H and O–H groups in total. The van der Waals surface area contributed by atoms with Crippen molar-refractivity contribution in [3.8, 4) is 11.5 Å². The first-order valence-corrected chi connectivity index (χ1v) is 17.1. The predicted octanol–water partition coefficient (Wildman–Crippen LogP) is 6.11. The van der Waals surface area contributed by atoms with Gasteiger partial charge in [0.05, 0.1) is 24.8 Å². The molecule has 0 aliphatic rings. The maximum atomic E-state index is 14.6. The van der Waals surface area contributed by atoms with Crippen molar-refractivity contribution >= 4 is 39.1 Å². The van der Waals surface area contributed by atoms with Crippen LogP contribution in [-0.2, 0) is 32.6 Å². The van der Waals surface area contributed by atoms with Gasteiger partial charge in [-0.3, -0.25) is 13.9 Å². The van der Waals surface area contributed by atoms with Crippen molar-refractivity contribution in [1.82, 2.24) is 10.2 Å². The van der Waals surface area contributed by atoms with Gasteiger partial charge in [-0.2, -0.15) is 0 Å². The van der Waals surface area contributed by atoms with Crippen molar-refractivity contribution in [2.75, 3.05) is 31.6 Å². The quantitative estimate of drug-likeness (QED) is 0.144. The molecule has 0 saturated heterocycles. The zero-order valence-corrected chi connectivity index (χ0v) is 28.3. The fraction of sp³-hybridized carbons (Fsp3) is 0.278. The number of anilines is 1. The number of hydrogen-bond donors (Lipinski definition) is 1. The molecular weight excluding hydrogens is 638 g/mol. The molecule has 0 aliphatic carbocycles. The highest BCUT2D eigenvalue weighted by atomic mass is 35.5. The van der Waals surface area contributed by atoms with Crippen molar-refractivity contribution in [3.63, 3.8) is 0 Å². The molecular formula is C36H40ClN3O6S.